The SMILES string of the molecule is CCNC(=NCc1cc2ccccc2o1)NCc1ncc(C(C)(C)C)o1. The maximum Gasteiger partial charge on any atom is 0.213 e. The maximum atomic E-state index is 5.81. The summed E-state index contributed by atoms with van der Waals surface area (Å²) in [7, 11) is 0. The molecule has 1 aromatic carbocycles. The third kappa shape index (κ3) is 4.45. The van der Waals surface area contributed by atoms with Crippen molar-refractivity contribution in [2.75, 3.05) is 6.54 Å². The summed E-state index contributed by atoms with van der Waals surface area (Å²) < 4.78 is 11.6. The lowest BCUT2D eigenvalue weighted by Crippen LogP contribution is -2.36. The van der Waals surface area contributed by atoms with Crippen LogP contribution in [0.25, 0.3) is 11.0 Å². The Morgan fingerprint density at radius 1 is 1.15 bits per heavy atom. The van der Waals surface area contributed by atoms with E-state index in [2.05, 4.69) is 41.4 Å². The summed E-state index contributed by atoms with van der Waals surface area (Å²) in [5.74, 6) is 3.04. The zero-order chi connectivity index (χ0) is 18.6. The molecular formula is C20H26N4O2. The first kappa shape index (κ1) is 18.0. The predicted molar refractivity (Wildman–Crippen MR) is 103 cm³/mol. The van der Waals surface area contributed by atoms with Gasteiger partial charge < -0.3 is 19.5 Å². The number of fused-ring (bicyclic) bond motifs is 1. The number of aliphatic imine (C=N–C) groups is 1. The van der Waals surface area contributed by atoms with Crippen LogP contribution in [-0.2, 0) is 18.5 Å². The predicted octanol–water partition coefficient (Wildman–Crippen LogP) is 3.97. The van der Waals surface area contributed by atoms with Gasteiger partial charge in [0, 0.05) is 17.3 Å². The molecule has 0 saturated carbocycles. The average molecular weight is 354 g/mol. The summed E-state index contributed by atoms with van der Waals surface area (Å²) in [5, 5.41) is 7.56. The zero-order valence-electron chi connectivity index (χ0n) is 15.8. The Kier molecular flexibility index (Phi) is 5.30. The summed E-state index contributed by atoms with van der Waals surface area (Å²) in [6.45, 7) is 10.0. The van der Waals surface area contributed by atoms with Crippen LogP contribution in [0.5, 0.6) is 0 Å². The van der Waals surface area contributed by atoms with Gasteiger partial charge in [-0.2, -0.15) is 0 Å². The van der Waals surface area contributed by atoms with Gasteiger partial charge >= 0.3 is 0 Å². The summed E-state index contributed by atoms with van der Waals surface area (Å²) in [6.07, 6.45) is 1.79. The van der Waals surface area contributed by atoms with E-state index in [1.54, 1.807) is 6.20 Å². The van der Waals surface area contributed by atoms with Crippen LogP contribution in [0.3, 0.4) is 0 Å². The van der Waals surface area contributed by atoms with Crippen molar-refractivity contribution in [2.45, 2.75) is 46.2 Å². The molecule has 0 saturated heterocycles. The molecule has 0 radical (unpaired) electrons. The molecule has 26 heavy (non-hydrogen) atoms. The van der Waals surface area contributed by atoms with E-state index < -0.39 is 0 Å². The first-order chi connectivity index (χ1) is 12.5. The van der Waals surface area contributed by atoms with Gasteiger partial charge in [-0.25, -0.2) is 9.98 Å². The van der Waals surface area contributed by atoms with E-state index in [-0.39, 0.29) is 5.41 Å². The van der Waals surface area contributed by atoms with Gasteiger partial charge in [-0.15, -0.1) is 0 Å². The Labute approximate surface area is 153 Å². The smallest absolute Gasteiger partial charge is 0.213 e. The molecule has 6 nitrogen and oxygen atoms in total. The molecule has 0 aliphatic rings. The molecule has 2 aromatic heterocycles. The van der Waals surface area contributed by atoms with Crippen LogP contribution in [0.2, 0.25) is 0 Å². The van der Waals surface area contributed by atoms with Gasteiger partial charge in [-0.05, 0) is 19.1 Å². The second-order valence-corrected chi connectivity index (χ2v) is 7.17. The van der Waals surface area contributed by atoms with E-state index in [0.717, 1.165) is 29.0 Å². The maximum absolute atomic E-state index is 5.81. The van der Waals surface area contributed by atoms with Crippen molar-refractivity contribution in [3.63, 3.8) is 0 Å². The van der Waals surface area contributed by atoms with E-state index in [9.17, 15) is 0 Å². The monoisotopic (exact) mass is 354 g/mol. The molecule has 2 heterocycles. The fraction of sp³-hybridized carbons (Fsp3) is 0.400. The van der Waals surface area contributed by atoms with E-state index in [1.807, 2.05) is 37.3 Å². The second kappa shape index (κ2) is 7.64. The Balaban J connectivity index is 1.64. The van der Waals surface area contributed by atoms with E-state index in [0.29, 0.717) is 24.9 Å². The number of benzene rings is 1. The lowest BCUT2D eigenvalue weighted by molar-refractivity contribution is 0.379. The molecular weight excluding hydrogens is 328 g/mol. The number of para-hydroxylation sites is 1. The number of rotatable bonds is 5. The summed E-state index contributed by atoms with van der Waals surface area (Å²) >= 11 is 0. The largest absolute Gasteiger partial charge is 0.459 e. The first-order valence-electron chi connectivity index (χ1n) is 8.90. The molecule has 0 unspecified atom stereocenters. The minimum absolute atomic E-state index is 0.0505. The zero-order valence-corrected chi connectivity index (χ0v) is 15.8. The topological polar surface area (TPSA) is 75.6 Å². The minimum Gasteiger partial charge on any atom is -0.459 e. The van der Waals surface area contributed by atoms with Gasteiger partial charge in [0.1, 0.15) is 23.6 Å². The molecule has 6 heteroatoms. The second-order valence-electron chi connectivity index (χ2n) is 7.17. The standard InChI is InChI=1S/C20H26N4O2/c1-5-21-19(24-13-18-22-12-17(26-18)20(2,3)4)23-11-15-10-14-8-6-7-9-16(14)25-15/h6-10,12H,5,11,13H2,1-4H3,(H2,21,23,24). The number of nitrogens with zero attached hydrogens (tertiary/aromatic N) is 2. The number of oxazole rings is 1. The van der Waals surface area contributed by atoms with Crippen LogP contribution in [0.1, 0.15) is 45.1 Å². The molecule has 0 bridgehead atoms. The fourth-order valence-electron chi connectivity index (χ4n) is 2.51. The van der Waals surface area contributed by atoms with Crippen molar-refractivity contribution < 1.29 is 8.83 Å². The van der Waals surface area contributed by atoms with Gasteiger partial charge in [0.25, 0.3) is 0 Å². The van der Waals surface area contributed by atoms with E-state index >= 15 is 0 Å². The highest BCUT2D eigenvalue weighted by molar-refractivity contribution is 5.80. The highest BCUT2D eigenvalue weighted by Gasteiger charge is 2.19. The molecule has 0 atom stereocenters. The summed E-state index contributed by atoms with van der Waals surface area (Å²) in [4.78, 5) is 8.91. The minimum atomic E-state index is -0.0505. The van der Waals surface area contributed by atoms with E-state index in [1.165, 1.54) is 0 Å². The van der Waals surface area contributed by atoms with Crippen LogP contribution in [0.15, 0.2) is 50.4 Å². The quantitative estimate of drug-likeness (QED) is 0.535. The number of guanidine groups is 1. The third-order valence-corrected chi connectivity index (χ3v) is 3.91. The summed E-state index contributed by atoms with van der Waals surface area (Å²) in [5.41, 5.74) is 0.829. The lowest BCUT2D eigenvalue weighted by Gasteiger charge is -2.13. The number of hydrogen-bond acceptors (Lipinski definition) is 4. The Bertz CT molecular complexity index is 853. The van der Waals surface area contributed by atoms with Gasteiger partial charge in [0.05, 0.1) is 12.7 Å². The van der Waals surface area contributed by atoms with Crippen LogP contribution in [0, 0.1) is 0 Å². The summed E-state index contributed by atoms with van der Waals surface area (Å²) in [6, 6.07) is 9.98. The Hall–Kier alpha value is -2.76. The molecule has 3 aromatic rings. The van der Waals surface area contributed by atoms with E-state index in [4.69, 9.17) is 8.83 Å². The molecule has 138 valence electrons. The molecule has 0 fully saturated rings. The van der Waals surface area contributed by atoms with Gasteiger partial charge in [-0.3, -0.25) is 0 Å². The van der Waals surface area contributed by atoms with Gasteiger partial charge in [0.15, 0.2) is 5.96 Å². The van der Waals surface area contributed by atoms with Crippen molar-refractivity contribution in [1.29, 1.82) is 0 Å². The van der Waals surface area contributed by atoms with Crippen molar-refractivity contribution >= 4 is 16.9 Å². The molecule has 0 aliphatic heterocycles. The van der Waals surface area contributed by atoms with Crippen molar-refractivity contribution in [1.82, 2.24) is 15.6 Å². The van der Waals surface area contributed by atoms with Crippen LogP contribution < -0.4 is 10.6 Å². The van der Waals surface area contributed by atoms with Gasteiger partial charge in [-0.1, -0.05) is 39.0 Å². The highest BCUT2D eigenvalue weighted by atomic mass is 16.4. The van der Waals surface area contributed by atoms with Crippen molar-refractivity contribution in [2.24, 2.45) is 4.99 Å². The Morgan fingerprint density at radius 3 is 2.65 bits per heavy atom. The van der Waals surface area contributed by atoms with Crippen molar-refractivity contribution in [3.05, 3.63) is 53.9 Å². The normalized spacial score (nSPS) is 12.5. The molecule has 2 N–H and O–H groups in total. The molecule has 0 aliphatic carbocycles. The molecule has 3 rings (SSSR count). The lowest BCUT2D eigenvalue weighted by atomic mass is 9.94. The number of nitrogens with one attached hydrogen (secondary N) is 2. The third-order valence-electron chi connectivity index (χ3n) is 3.91. The number of furan rings is 1. The fourth-order valence-corrected chi connectivity index (χ4v) is 2.51. The molecule has 0 amide bonds. The molecule has 0 spiro atoms. The van der Waals surface area contributed by atoms with Crippen molar-refractivity contribution in [3.8, 4) is 0 Å². The van der Waals surface area contributed by atoms with Crippen LogP contribution in [0.4, 0.5) is 0 Å². The number of hydrogen-bond donors (Lipinski definition) is 2. The number of aromatic nitrogens is 1. The Morgan fingerprint density at radius 2 is 1.96 bits per heavy atom. The van der Waals surface area contributed by atoms with Crippen LogP contribution >= 0.6 is 0 Å². The first-order valence-corrected chi connectivity index (χ1v) is 8.90. The average Bonchev–Trinajstić information content (AvgIpc) is 3.23. The van der Waals surface area contributed by atoms with Crippen LogP contribution in [-0.4, -0.2) is 17.5 Å². The van der Waals surface area contributed by atoms with Gasteiger partial charge in [0.2, 0.25) is 5.89 Å². The highest BCUT2D eigenvalue weighted by Crippen LogP contribution is 2.22.